The fourth-order valence-corrected chi connectivity index (χ4v) is 4.14. The van der Waals surface area contributed by atoms with E-state index in [2.05, 4.69) is 4.90 Å². The Morgan fingerprint density at radius 1 is 1.22 bits per heavy atom. The fraction of sp³-hybridized carbons (Fsp3) is 0.611. The van der Waals surface area contributed by atoms with Crippen LogP contribution in [-0.4, -0.2) is 49.2 Å². The predicted octanol–water partition coefficient (Wildman–Crippen LogP) is 2.43. The van der Waals surface area contributed by atoms with Gasteiger partial charge in [-0.3, -0.25) is 4.79 Å². The maximum Gasteiger partial charge on any atom is 0.251 e. The molecule has 0 aliphatic carbocycles. The van der Waals surface area contributed by atoms with Crippen LogP contribution in [0.4, 0.5) is 10.1 Å². The summed E-state index contributed by atoms with van der Waals surface area (Å²) in [5.41, 5.74) is 0.904. The molecule has 1 aromatic rings. The van der Waals surface area contributed by atoms with E-state index < -0.39 is 0 Å². The topological polar surface area (TPSA) is 32.8 Å². The summed E-state index contributed by atoms with van der Waals surface area (Å²) in [7, 11) is 0. The predicted molar refractivity (Wildman–Crippen MR) is 85.8 cm³/mol. The largest absolute Gasteiger partial charge is 0.369 e. The van der Waals surface area contributed by atoms with Crippen LogP contribution in [0.1, 0.15) is 25.7 Å². The monoisotopic (exact) mass is 318 g/mol. The Balaban J connectivity index is 1.41. The number of piperidine rings is 1. The molecule has 3 fully saturated rings. The van der Waals surface area contributed by atoms with Gasteiger partial charge in [0.2, 0.25) is 0 Å². The Hall–Kier alpha value is -1.62. The van der Waals surface area contributed by atoms with Gasteiger partial charge in [-0.05, 0) is 49.8 Å². The molecule has 0 saturated carbocycles. The molecule has 0 spiro atoms. The number of hydrogen-bond acceptors (Lipinski definition) is 3. The number of rotatable bonds is 2. The highest BCUT2D eigenvalue weighted by atomic mass is 19.1. The van der Waals surface area contributed by atoms with Gasteiger partial charge in [-0.1, -0.05) is 6.07 Å². The summed E-state index contributed by atoms with van der Waals surface area (Å²) in [6.45, 7) is 3.41. The zero-order valence-electron chi connectivity index (χ0n) is 13.3. The molecule has 0 unspecified atom stereocenters. The highest BCUT2D eigenvalue weighted by Crippen LogP contribution is 2.36. The van der Waals surface area contributed by atoms with Gasteiger partial charge in [0.05, 0.1) is 6.10 Å². The van der Waals surface area contributed by atoms with Crippen molar-refractivity contribution in [3.63, 3.8) is 0 Å². The average molecular weight is 318 g/mol. The number of ether oxygens (including phenoxy) is 1. The van der Waals surface area contributed by atoms with Crippen LogP contribution >= 0.6 is 0 Å². The smallest absolute Gasteiger partial charge is 0.251 e. The second-order valence-corrected chi connectivity index (χ2v) is 6.91. The third-order valence-corrected chi connectivity index (χ3v) is 5.42. The van der Waals surface area contributed by atoms with E-state index >= 15 is 0 Å². The maximum atomic E-state index is 13.4. The van der Waals surface area contributed by atoms with Crippen LogP contribution in [0.25, 0.3) is 0 Å². The second-order valence-electron chi connectivity index (χ2n) is 6.91. The lowest BCUT2D eigenvalue weighted by molar-refractivity contribution is -0.141. The van der Waals surface area contributed by atoms with Crippen molar-refractivity contribution in [1.82, 2.24) is 4.90 Å². The number of fused-ring (bicyclic) bond motifs is 1. The molecule has 4 nitrogen and oxygen atoms in total. The summed E-state index contributed by atoms with van der Waals surface area (Å²) in [5.74, 6) is 0.421. The molecule has 5 heteroatoms. The lowest BCUT2D eigenvalue weighted by atomic mass is 9.91. The minimum absolute atomic E-state index is 0.0866. The summed E-state index contributed by atoms with van der Waals surface area (Å²) in [6.07, 6.45) is 3.89. The standard InChI is InChI=1S/C18H23FN2O2/c19-14-4-3-5-15(11-14)21-9-6-13-10-16(23-17(13)12-21)18(22)20-7-1-2-8-20/h3-5,11,13,16-17H,1-2,6-10,12H2/t13-,16+,17+/m0/s1. The van der Waals surface area contributed by atoms with Gasteiger partial charge < -0.3 is 14.5 Å². The van der Waals surface area contributed by atoms with Gasteiger partial charge in [0.1, 0.15) is 11.9 Å². The summed E-state index contributed by atoms with van der Waals surface area (Å²) in [5, 5.41) is 0. The zero-order valence-corrected chi connectivity index (χ0v) is 13.3. The van der Waals surface area contributed by atoms with E-state index in [4.69, 9.17) is 4.74 Å². The van der Waals surface area contributed by atoms with E-state index in [1.165, 1.54) is 6.07 Å². The number of carbonyl (C=O) groups is 1. The SMILES string of the molecule is O=C([C@H]1C[C@@H]2CCN(c3cccc(F)c3)C[C@H]2O1)N1CCCC1. The Kier molecular flexibility index (Phi) is 3.97. The number of amides is 1. The molecule has 1 amide bonds. The number of carbonyl (C=O) groups excluding carboxylic acids is 1. The van der Waals surface area contributed by atoms with Crippen molar-refractivity contribution >= 4 is 11.6 Å². The Labute approximate surface area is 136 Å². The average Bonchev–Trinajstić information content (AvgIpc) is 3.23. The molecule has 3 heterocycles. The van der Waals surface area contributed by atoms with E-state index in [0.717, 1.165) is 57.5 Å². The van der Waals surface area contributed by atoms with E-state index in [1.807, 2.05) is 11.0 Å². The first-order valence-corrected chi connectivity index (χ1v) is 8.65. The van der Waals surface area contributed by atoms with Crippen molar-refractivity contribution in [2.45, 2.75) is 37.9 Å². The second kappa shape index (κ2) is 6.11. The van der Waals surface area contributed by atoms with Gasteiger partial charge in [-0.25, -0.2) is 4.39 Å². The minimum Gasteiger partial charge on any atom is -0.369 e. The molecule has 0 radical (unpaired) electrons. The van der Waals surface area contributed by atoms with Crippen LogP contribution in [0.5, 0.6) is 0 Å². The Bertz CT molecular complexity index is 588. The number of anilines is 1. The van der Waals surface area contributed by atoms with Gasteiger partial charge in [0.15, 0.2) is 0 Å². The van der Waals surface area contributed by atoms with Crippen LogP contribution in [0.2, 0.25) is 0 Å². The van der Waals surface area contributed by atoms with E-state index in [1.54, 1.807) is 12.1 Å². The molecule has 0 N–H and O–H groups in total. The van der Waals surface area contributed by atoms with E-state index in [0.29, 0.717) is 5.92 Å². The van der Waals surface area contributed by atoms with Gasteiger partial charge in [-0.2, -0.15) is 0 Å². The van der Waals surface area contributed by atoms with Gasteiger partial charge >= 0.3 is 0 Å². The molecule has 1 aromatic carbocycles. The van der Waals surface area contributed by atoms with Crippen molar-refractivity contribution < 1.29 is 13.9 Å². The van der Waals surface area contributed by atoms with Crippen molar-refractivity contribution in [1.29, 1.82) is 0 Å². The third kappa shape index (κ3) is 2.94. The number of benzene rings is 1. The first-order chi connectivity index (χ1) is 11.2. The minimum atomic E-state index is -0.268. The molecular weight excluding hydrogens is 295 g/mol. The van der Waals surface area contributed by atoms with Crippen LogP contribution < -0.4 is 4.90 Å². The number of hydrogen-bond donors (Lipinski definition) is 0. The molecule has 3 aliphatic rings. The molecule has 0 aromatic heterocycles. The van der Waals surface area contributed by atoms with Gasteiger partial charge in [0, 0.05) is 31.9 Å². The molecule has 124 valence electrons. The highest BCUT2D eigenvalue weighted by Gasteiger charge is 2.43. The van der Waals surface area contributed by atoms with Crippen LogP contribution in [0.3, 0.4) is 0 Å². The first-order valence-electron chi connectivity index (χ1n) is 8.65. The van der Waals surface area contributed by atoms with Crippen LogP contribution in [-0.2, 0) is 9.53 Å². The molecular formula is C18H23FN2O2. The van der Waals surface area contributed by atoms with Crippen molar-refractivity contribution in [2.75, 3.05) is 31.1 Å². The van der Waals surface area contributed by atoms with Crippen molar-refractivity contribution in [2.24, 2.45) is 5.92 Å². The quantitative estimate of drug-likeness (QED) is 0.839. The number of nitrogens with zero attached hydrogens (tertiary/aromatic N) is 2. The fourth-order valence-electron chi connectivity index (χ4n) is 4.14. The summed E-state index contributed by atoms with van der Waals surface area (Å²) in [6, 6.07) is 6.71. The maximum absolute atomic E-state index is 13.4. The molecule has 3 aliphatic heterocycles. The number of halogens is 1. The van der Waals surface area contributed by atoms with E-state index in [9.17, 15) is 9.18 Å². The zero-order chi connectivity index (χ0) is 15.8. The summed E-state index contributed by atoms with van der Waals surface area (Å²) < 4.78 is 19.5. The van der Waals surface area contributed by atoms with Gasteiger partial charge in [-0.15, -0.1) is 0 Å². The molecule has 3 atom stereocenters. The number of likely N-dealkylation sites (tertiary alicyclic amines) is 1. The van der Waals surface area contributed by atoms with Crippen molar-refractivity contribution in [3.05, 3.63) is 30.1 Å². The third-order valence-electron chi connectivity index (χ3n) is 5.42. The Morgan fingerprint density at radius 2 is 2.04 bits per heavy atom. The molecule has 3 saturated heterocycles. The molecule has 0 bridgehead atoms. The summed E-state index contributed by atoms with van der Waals surface area (Å²) >= 11 is 0. The van der Waals surface area contributed by atoms with Gasteiger partial charge in [0.25, 0.3) is 5.91 Å². The lowest BCUT2D eigenvalue weighted by Crippen LogP contribution is -2.42. The Morgan fingerprint density at radius 3 is 2.83 bits per heavy atom. The van der Waals surface area contributed by atoms with Crippen LogP contribution in [0, 0.1) is 11.7 Å². The first kappa shape index (κ1) is 14.9. The highest BCUT2D eigenvalue weighted by molar-refractivity contribution is 5.81. The van der Waals surface area contributed by atoms with E-state index in [-0.39, 0.29) is 23.9 Å². The normalized spacial score (nSPS) is 30.6. The lowest BCUT2D eigenvalue weighted by Gasteiger charge is -2.35. The molecule has 23 heavy (non-hydrogen) atoms. The molecule has 4 rings (SSSR count). The summed E-state index contributed by atoms with van der Waals surface area (Å²) in [4.78, 5) is 16.6. The van der Waals surface area contributed by atoms with Crippen molar-refractivity contribution in [3.8, 4) is 0 Å². The van der Waals surface area contributed by atoms with Crippen LogP contribution in [0.15, 0.2) is 24.3 Å².